The van der Waals surface area contributed by atoms with Crippen molar-refractivity contribution < 1.29 is 8.78 Å². The zero-order valence-corrected chi connectivity index (χ0v) is 16.5. The maximum absolute atomic E-state index is 13.8. The normalized spacial score (nSPS) is 11.5. The highest BCUT2D eigenvalue weighted by atomic mass is 79.9. The molecule has 0 radical (unpaired) electrons. The van der Waals surface area contributed by atoms with Crippen LogP contribution in [-0.2, 0) is 13.1 Å². The van der Waals surface area contributed by atoms with Gasteiger partial charge in [0.25, 0.3) is 0 Å². The number of rotatable bonds is 5. The molecule has 4 aromatic rings. The minimum absolute atomic E-state index is 0.158. The van der Waals surface area contributed by atoms with Crippen LogP contribution in [0.5, 0.6) is 0 Å². The molecule has 1 heterocycles. The second-order valence-corrected chi connectivity index (χ2v) is 7.48. The maximum atomic E-state index is 13.8. The van der Waals surface area contributed by atoms with Crippen LogP contribution in [0, 0.1) is 11.6 Å². The predicted molar refractivity (Wildman–Crippen MR) is 113 cm³/mol. The molecular weight excluding hydrogens is 422 g/mol. The van der Waals surface area contributed by atoms with Crippen LogP contribution in [0.4, 0.5) is 8.78 Å². The molecule has 0 saturated heterocycles. The third-order valence-electron chi connectivity index (χ3n) is 4.58. The van der Waals surface area contributed by atoms with Crippen molar-refractivity contribution in [2.75, 3.05) is 0 Å². The molecule has 0 atom stereocenters. The van der Waals surface area contributed by atoms with Crippen molar-refractivity contribution in [3.8, 4) is 0 Å². The van der Waals surface area contributed by atoms with Crippen molar-refractivity contribution in [2.24, 2.45) is 4.99 Å². The summed E-state index contributed by atoms with van der Waals surface area (Å²) in [7, 11) is 0. The lowest BCUT2D eigenvalue weighted by Gasteiger charge is -2.05. The number of fused-ring (bicyclic) bond motifs is 1. The number of halogens is 3. The molecule has 0 fully saturated rings. The molecule has 1 aromatic heterocycles. The van der Waals surface area contributed by atoms with Gasteiger partial charge in [-0.15, -0.1) is 0 Å². The molecule has 2 nitrogen and oxygen atoms in total. The fourth-order valence-corrected chi connectivity index (χ4v) is 3.56. The Kier molecular flexibility index (Phi) is 5.35. The molecule has 28 heavy (non-hydrogen) atoms. The molecule has 0 amide bonds. The van der Waals surface area contributed by atoms with Crippen LogP contribution in [0.3, 0.4) is 0 Å². The quantitative estimate of drug-likeness (QED) is 0.323. The van der Waals surface area contributed by atoms with Crippen molar-refractivity contribution in [1.29, 1.82) is 0 Å². The molecule has 0 unspecified atom stereocenters. The van der Waals surface area contributed by atoms with E-state index in [-0.39, 0.29) is 6.54 Å². The largest absolute Gasteiger partial charge is 0.342 e. The van der Waals surface area contributed by atoms with Gasteiger partial charge in [0.05, 0.1) is 6.54 Å². The van der Waals surface area contributed by atoms with Gasteiger partial charge in [0.1, 0.15) is 11.6 Å². The predicted octanol–water partition coefficient (Wildman–Crippen LogP) is 6.35. The first-order valence-electron chi connectivity index (χ1n) is 8.86. The number of benzene rings is 3. The number of hydrogen-bond acceptors (Lipinski definition) is 1. The summed E-state index contributed by atoms with van der Waals surface area (Å²) in [5, 5.41) is 1.06. The fraction of sp³-hybridized carbons (Fsp3) is 0.0870. The van der Waals surface area contributed by atoms with E-state index in [0.29, 0.717) is 5.56 Å². The van der Waals surface area contributed by atoms with Crippen molar-refractivity contribution in [3.05, 3.63) is 106 Å². The van der Waals surface area contributed by atoms with Gasteiger partial charge < -0.3 is 4.57 Å². The van der Waals surface area contributed by atoms with Crippen LogP contribution in [0.1, 0.15) is 16.7 Å². The van der Waals surface area contributed by atoms with Crippen LogP contribution in [0.15, 0.2) is 82.4 Å². The monoisotopic (exact) mass is 438 g/mol. The number of aliphatic imine (C=N–C) groups is 1. The second-order valence-electron chi connectivity index (χ2n) is 6.56. The average Bonchev–Trinajstić information content (AvgIpc) is 3.01. The third-order valence-corrected chi connectivity index (χ3v) is 5.07. The Hall–Kier alpha value is -2.79. The van der Waals surface area contributed by atoms with Crippen molar-refractivity contribution in [2.45, 2.75) is 13.1 Å². The van der Waals surface area contributed by atoms with Gasteiger partial charge in [0.15, 0.2) is 0 Å². The lowest BCUT2D eigenvalue weighted by molar-refractivity contribution is 0.573. The third kappa shape index (κ3) is 4.04. The minimum Gasteiger partial charge on any atom is -0.342 e. The molecule has 0 bridgehead atoms. The Morgan fingerprint density at radius 2 is 1.79 bits per heavy atom. The summed E-state index contributed by atoms with van der Waals surface area (Å²) in [5.74, 6) is -1.16. The number of hydrogen-bond donors (Lipinski definition) is 0. The Bertz CT molecular complexity index is 1150. The average molecular weight is 439 g/mol. The van der Waals surface area contributed by atoms with E-state index in [4.69, 9.17) is 0 Å². The summed E-state index contributed by atoms with van der Waals surface area (Å²) in [5.41, 5.74) is 3.63. The highest BCUT2D eigenvalue weighted by molar-refractivity contribution is 9.10. The van der Waals surface area contributed by atoms with Gasteiger partial charge in [-0.05, 0) is 29.8 Å². The SMILES string of the molecule is Fc1ccc(CN=Cc2cn(Cc3ccccc3)c3ccc(Br)cc23)c(F)c1. The molecular formula is C23H17BrF2N2. The highest BCUT2D eigenvalue weighted by Gasteiger charge is 2.09. The highest BCUT2D eigenvalue weighted by Crippen LogP contribution is 2.25. The van der Waals surface area contributed by atoms with Crippen LogP contribution in [0.25, 0.3) is 10.9 Å². The zero-order valence-electron chi connectivity index (χ0n) is 14.9. The first-order valence-corrected chi connectivity index (χ1v) is 9.65. The molecule has 0 aliphatic heterocycles. The zero-order chi connectivity index (χ0) is 19.5. The number of nitrogens with zero attached hydrogens (tertiary/aromatic N) is 2. The van der Waals surface area contributed by atoms with Crippen LogP contribution < -0.4 is 0 Å². The molecule has 5 heteroatoms. The molecule has 0 N–H and O–H groups in total. The Labute approximate surface area is 170 Å². The molecule has 140 valence electrons. The summed E-state index contributed by atoms with van der Waals surface area (Å²) in [4.78, 5) is 4.39. The lowest BCUT2D eigenvalue weighted by Crippen LogP contribution is -1.97. The van der Waals surface area contributed by atoms with Crippen molar-refractivity contribution in [3.63, 3.8) is 0 Å². The van der Waals surface area contributed by atoms with Crippen LogP contribution >= 0.6 is 15.9 Å². The molecule has 3 aromatic carbocycles. The molecule has 0 aliphatic rings. The van der Waals surface area contributed by atoms with E-state index in [1.807, 2.05) is 24.3 Å². The molecule has 0 spiro atoms. The Morgan fingerprint density at radius 1 is 0.964 bits per heavy atom. The van der Waals surface area contributed by atoms with Gasteiger partial charge in [-0.2, -0.15) is 0 Å². The van der Waals surface area contributed by atoms with Crippen molar-refractivity contribution in [1.82, 2.24) is 4.57 Å². The van der Waals surface area contributed by atoms with E-state index < -0.39 is 11.6 Å². The fourth-order valence-electron chi connectivity index (χ4n) is 3.20. The number of aromatic nitrogens is 1. The summed E-state index contributed by atoms with van der Waals surface area (Å²) < 4.78 is 30.0. The molecule has 0 saturated carbocycles. The van der Waals surface area contributed by atoms with Crippen LogP contribution in [0.2, 0.25) is 0 Å². The summed E-state index contributed by atoms with van der Waals surface area (Å²) >= 11 is 3.53. The van der Waals surface area contributed by atoms with Gasteiger partial charge in [-0.3, -0.25) is 4.99 Å². The van der Waals surface area contributed by atoms with Gasteiger partial charge in [-0.25, -0.2) is 8.78 Å². The Balaban J connectivity index is 1.65. The van der Waals surface area contributed by atoms with E-state index in [1.54, 1.807) is 6.21 Å². The maximum Gasteiger partial charge on any atom is 0.131 e. The first-order chi connectivity index (χ1) is 13.6. The first kappa shape index (κ1) is 18.6. The summed E-state index contributed by atoms with van der Waals surface area (Å²) in [6, 6.07) is 19.9. The van der Waals surface area contributed by atoms with E-state index >= 15 is 0 Å². The van der Waals surface area contributed by atoms with Crippen LogP contribution in [-0.4, -0.2) is 10.8 Å². The topological polar surface area (TPSA) is 17.3 Å². The summed E-state index contributed by atoms with van der Waals surface area (Å²) in [6.45, 7) is 0.908. The van der Waals surface area contributed by atoms with Gasteiger partial charge in [-0.1, -0.05) is 52.3 Å². The smallest absolute Gasteiger partial charge is 0.131 e. The molecule has 4 rings (SSSR count). The lowest BCUT2D eigenvalue weighted by atomic mass is 10.2. The molecule has 0 aliphatic carbocycles. The summed E-state index contributed by atoms with van der Waals surface area (Å²) in [6.07, 6.45) is 3.80. The second kappa shape index (κ2) is 8.07. The van der Waals surface area contributed by atoms with E-state index in [1.165, 1.54) is 17.7 Å². The van der Waals surface area contributed by atoms with Crippen molar-refractivity contribution >= 4 is 33.0 Å². The van der Waals surface area contributed by atoms with E-state index in [2.05, 4.69) is 56.0 Å². The van der Waals surface area contributed by atoms with Gasteiger partial charge >= 0.3 is 0 Å². The standard InChI is InChI=1S/C23H17BrF2N2/c24-19-7-9-23-21(10-19)18(15-28(23)14-16-4-2-1-3-5-16)13-27-12-17-6-8-20(25)11-22(17)26/h1-11,13,15H,12,14H2. The Morgan fingerprint density at radius 3 is 2.57 bits per heavy atom. The van der Waals surface area contributed by atoms with Gasteiger partial charge in [0.2, 0.25) is 0 Å². The van der Waals surface area contributed by atoms with E-state index in [0.717, 1.165) is 33.6 Å². The van der Waals surface area contributed by atoms with Gasteiger partial charge in [0, 0.05) is 51.5 Å². The minimum atomic E-state index is -0.584. The van der Waals surface area contributed by atoms with E-state index in [9.17, 15) is 8.78 Å².